The van der Waals surface area contributed by atoms with E-state index in [0.717, 1.165) is 6.42 Å². The smallest absolute Gasteiger partial charge is 0.269 e. The molecule has 0 saturated carbocycles. The van der Waals surface area contributed by atoms with Gasteiger partial charge in [-0.2, -0.15) is 4.98 Å². The number of amides is 1. The van der Waals surface area contributed by atoms with Crippen LogP contribution < -0.4 is 10.1 Å². The van der Waals surface area contributed by atoms with Crippen molar-refractivity contribution < 1.29 is 19.0 Å². The topological polar surface area (TPSA) is 120 Å². The molecule has 0 radical (unpaired) electrons. The van der Waals surface area contributed by atoms with Crippen molar-refractivity contribution >= 4 is 23.2 Å². The maximum Gasteiger partial charge on any atom is 0.269 e. The Morgan fingerprint density at radius 3 is 2.52 bits per heavy atom. The summed E-state index contributed by atoms with van der Waals surface area (Å²) in [4.78, 5) is 27.2. The second kappa shape index (κ2) is 10.0. The summed E-state index contributed by atoms with van der Waals surface area (Å²) in [6, 6.07) is 12.0. The van der Waals surface area contributed by atoms with Crippen molar-refractivity contribution in [2.45, 2.75) is 26.3 Å². The van der Waals surface area contributed by atoms with Crippen molar-refractivity contribution in [1.82, 2.24) is 15.5 Å². The van der Waals surface area contributed by atoms with Gasteiger partial charge in [0.2, 0.25) is 11.7 Å². The highest BCUT2D eigenvalue weighted by Gasteiger charge is 2.26. The van der Waals surface area contributed by atoms with E-state index >= 15 is 0 Å². The largest absolute Gasteiger partial charge is 0.484 e. The van der Waals surface area contributed by atoms with Gasteiger partial charge < -0.3 is 14.6 Å². The molecule has 1 heterocycles. The summed E-state index contributed by atoms with van der Waals surface area (Å²) >= 11 is 5.84. The highest BCUT2D eigenvalue weighted by Crippen LogP contribution is 2.26. The minimum Gasteiger partial charge on any atom is -0.484 e. The molecule has 1 N–H and O–H groups in total. The number of halogens is 1. The monoisotopic (exact) mass is 444 g/mol. The van der Waals surface area contributed by atoms with Gasteiger partial charge in [0.15, 0.2) is 6.61 Å². The third kappa shape index (κ3) is 5.79. The number of ether oxygens (including phenoxy) is 1. The Morgan fingerprint density at radius 2 is 1.90 bits per heavy atom. The molecule has 1 aromatic heterocycles. The number of benzene rings is 2. The van der Waals surface area contributed by atoms with Crippen LogP contribution in [0.5, 0.6) is 5.75 Å². The molecule has 31 heavy (non-hydrogen) atoms. The SMILES string of the molecule is CC[C@@H](C)[C@@H](NC(=O)COc1ccc(Cl)cc1)c1nc(-c2ccc([N+](=O)[O-])cc2)no1. The van der Waals surface area contributed by atoms with E-state index in [-0.39, 0.29) is 35.8 Å². The van der Waals surface area contributed by atoms with E-state index in [2.05, 4.69) is 15.5 Å². The van der Waals surface area contributed by atoms with Gasteiger partial charge in [-0.3, -0.25) is 14.9 Å². The molecule has 1 amide bonds. The second-order valence-corrected chi connectivity index (χ2v) is 7.37. The lowest BCUT2D eigenvalue weighted by molar-refractivity contribution is -0.384. The Balaban J connectivity index is 1.69. The molecule has 162 valence electrons. The van der Waals surface area contributed by atoms with Crippen LogP contribution in [0.1, 0.15) is 32.2 Å². The summed E-state index contributed by atoms with van der Waals surface area (Å²) in [7, 11) is 0. The predicted octanol–water partition coefficient (Wildman–Crippen LogP) is 4.58. The first-order chi connectivity index (χ1) is 14.9. The van der Waals surface area contributed by atoms with E-state index in [1.807, 2.05) is 13.8 Å². The Bertz CT molecular complexity index is 1040. The number of carbonyl (C=O) groups excluding carboxylic acids is 1. The number of nitrogens with one attached hydrogen (secondary N) is 1. The van der Waals surface area contributed by atoms with E-state index in [0.29, 0.717) is 16.3 Å². The zero-order valence-corrected chi connectivity index (χ0v) is 17.7. The maximum absolute atomic E-state index is 12.4. The molecule has 3 rings (SSSR count). The molecule has 0 aliphatic heterocycles. The van der Waals surface area contributed by atoms with Crippen LogP contribution in [0.15, 0.2) is 53.1 Å². The van der Waals surface area contributed by atoms with Crippen molar-refractivity contribution in [1.29, 1.82) is 0 Å². The summed E-state index contributed by atoms with van der Waals surface area (Å²) in [5, 5.41) is 18.2. The molecule has 3 aromatic rings. The van der Waals surface area contributed by atoms with Crippen LogP contribution >= 0.6 is 11.6 Å². The highest BCUT2D eigenvalue weighted by atomic mass is 35.5. The molecule has 0 aliphatic carbocycles. The van der Waals surface area contributed by atoms with Gasteiger partial charge in [-0.25, -0.2) is 0 Å². The molecule has 0 bridgehead atoms. The first-order valence-corrected chi connectivity index (χ1v) is 10.0. The lowest BCUT2D eigenvalue weighted by atomic mass is 9.99. The van der Waals surface area contributed by atoms with E-state index in [1.165, 1.54) is 12.1 Å². The first kappa shape index (κ1) is 22.2. The molecular formula is C21H21ClN4O5. The van der Waals surface area contributed by atoms with Crippen LogP contribution in [0.2, 0.25) is 5.02 Å². The third-order valence-electron chi connectivity index (χ3n) is 4.76. The summed E-state index contributed by atoms with van der Waals surface area (Å²) in [6.45, 7) is 3.76. The molecule has 0 aliphatic rings. The fourth-order valence-electron chi connectivity index (χ4n) is 2.79. The maximum atomic E-state index is 12.4. The zero-order valence-electron chi connectivity index (χ0n) is 16.9. The standard InChI is InChI=1S/C21H21ClN4O5/c1-3-13(2)19(23-18(27)12-30-17-10-6-15(22)7-11-17)21-24-20(25-31-21)14-4-8-16(9-5-14)26(28)29/h4-11,13,19H,3,12H2,1-2H3,(H,23,27)/t13-,19-/m1/s1. The quantitative estimate of drug-likeness (QED) is 0.378. The van der Waals surface area contributed by atoms with Crippen LogP contribution in [0, 0.1) is 16.0 Å². The van der Waals surface area contributed by atoms with Crippen molar-refractivity contribution in [3.63, 3.8) is 0 Å². The Kier molecular flexibility index (Phi) is 7.19. The second-order valence-electron chi connectivity index (χ2n) is 6.93. The van der Waals surface area contributed by atoms with Crippen molar-refractivity contribution in [2.24, 2.45) is 5.92 Å². The van der Waals surface area contributed by atoms with Crippen LogP contribution in [0.4, 0.5) is 5.69 Å². The normalized spacial score (nSPS) is 12.7. The lowest BCUT2D eigenvalue weighted by Gasteiger charge is -2.20. The molecule has 2 aromatic carbocycles. The number of hydrogen-bond donors (Lipinski definition) is 1. The predicted molar refractivity (Wildman–Crippen MR) is 114 cm³/mol. The van der Waals surface area contributed by atoms with Gasteiger partial charge in [0, 0.05) is 22.7 Å². The number of aromatic nitrogens is 2. The molecule has 0 spiro atoms. The van der Waals surface area contributed by atoms with Crippen LogP contribution in [0.3, 0.4) is 0 Å². The van der Waals surface area contributed by atoms with Gasteiger partial charge in [0.05, 0.1) is 4.92 Å². The third-order valence-corrected chi connectivity index (χ3v) is 5.01. The number of nitro benzene ring substituents is 1. The molecule has 0 fully saturated rings. The molecule has 2 atom stereocenters. The number of carbonyl (C=O) groups is 1. The van der Waals surface area contributed by atoms with E-state index in [1.54, 1.807) is 36.4 Å². The Labute approximate surface area is 183 Å². The summed E-state index contributed by atoms with van der Waals surface area (Å²) in [5.41, 5.74) is 0.541. The van der Waals surface area contributed by atoms with Crippen molar-refractivity contribution in [2.75, 3.05) is 6.61 Å². The zero-order chi connectivity index (χ0) is 22.4. The molecule has 0 saturated heterocycles. The summed E-state index contributed by atoms with van der Waals surface area (Å²) in [6.07, 6.45) is 0.762. The van der Waals surface area contributed by atoms with E-state index in [4.69, 9.17) is 20.9 Å². The van der Waals surface area contributed by atoms with Gasteiger partial charge in [-0.05, 0) is 42.3 Å². The van der Waals surface area contributed by atoms with E-state index < -0.39 is 11.0 Å². The van der Waals surface area contributed by atoms with Gasteiger partial charge >= 0.3 is 0 Å². The average molecular weight is 445 g/mol. The summed E-state index contributed by atoms with van der Waals surface area (Å²) < 4.78 is 10.9. The van der Waals surface area contributed by atoms with E-state index in [9.17, 15) is 14.9 Å². The van der Waals surface area contributed by atoms with Gasteiger partial charge in [-0.15, -0.1) is 0 Å². The number of rotatable bonds is 9. The minimum atomic E-state index is -0.509. The fraction of sp³-hybridized carbons (Fsp3) is 0.286. The van der Waals surface area contributed by atoms with Gasteiger partial charge in [0.25, 0.3) is 11.6 Å². The van der Waals surface area contributed by atoms with Crippen LogP contribution in [-0.2, 0) is 4.79 Å². The Hall–Kier alpha value is -3.46. The molecule has 9 nitrogen and oxygen atoms in total. The average Bonchev–Trinajstić information content (AvgIpc) is 3.26. The van der Waals surface area contributed by atoms with Crippen LogP contribution in [-0.4, -0.2) is 27.6 Å². The number of hydrogen-bond acceptors (Lipinski definition) is 7. The van der Waals surface area contributed by atoms with Crippen LogP contribution in [0.25, 0.3) is 11.4 Å². The number of non-ortho nitro benzene ring substituents is 1. The summed E-state index contributed by atoms with van der Waals surface area (Å²) in [5.74, 6) is 0.741. The number of nitro groups is 1. The van der Waals surface area contributed by atoms with Crippen molar-refractivity contribution in [3.8, 4) is 17.1 Å². The number of nitrogens with zero attached hydrogens (tertiary/aromatic N) is 3. The highest BCUT2D eigenvalue weighted by molar-refractivity contribution is 6.30. The molecule has 10 heteroatoms. The van der Waals surface area contributed by atoms with Gasteiger partial charge in [-0.1, -0.05) is 37.0 Å². The Morgan fingerprint density at radius 1 is 1.23 bits per heavy atom. The van der Waals surface area contributed by atoms with Gasteiger partial charge in [0.1, 0.15) is 11.8 Å². The van der Waals surface area contributed by atoms with Crippen molar-refractivity contribution in [3.05, 3.63) is 69.6 Å². The minimum absolute atomic E-state index is 0.0182. The lowest BCUT2D eigenvalue weighted by Crippen LogP contribution is -2.36. The first-order valence-electron chi connectivity index (χ1n) is 9.63. The molecule has 0 unspecified atom stereocenters. The molecular weight excluding hydrogens is 424 g/mol. The fourth-order valence-corrected chi connectivity index (χ4v) is 2.91.